The van der Waals surface area contributed by atoms with E-state index in [0.717, 1.165) is 34.2 Å². The summed E-state index contributed by atoms with van der Waals surface area (Å²) in [6.07, 6.45) is 2.52. The summed E-state index contributed by atoms with van der Waals surface area (Å²) in [5.74, 6) is 3.41. The van der Waals surface area contributed by atoms with Gasteiger partial charge in [-0.2, -0.15) is 0 Å². The highest BCUT2D eigenvalue weighted by Crippen LogP contribution is 2.52. The molecular formula is C57H75N9O4S. The minimum atomic E-state index is 0.0562. The Morgan fingerprint density at radius 3 is 1.01 bits per heavy atom. The topological polar surface area (TPSA) is 66.1 Å². The van der Waals surface area contributed by atoms with Crippen molar-refractivity contribution >= 4 is 62.9 Å². The molecule has 0 radical (unpaired) electrons. The Morgan fingerprint density at radius 2 is 0.690 bits per heavy atom. The molecule has 3 aliphatic heterocycles. The van der Waals surface area contributed by atoms with Gasteiger partial charge in [0.1, 0.15) is 41.5 Å². The van der Waals surface area contributed by atoms with Crippen molar-refractivity contribution in [3.05, 3.63) is 131 Å². The standard InChI is InChI=1S/C19H25N3O2.C19H25N3OS.C19H25N3O/c2*1-20(2)16-11-13(23-5)12-17(24-6)18(16)19-21(3)14-9-7-8-10-15(14)22(19)4;1-13-11-14(23-6)12-17(20(2)3)18(13)19-21(4)15-9-7-8-10-16(15)22(19)5/h2*7-12,19H,1-6H3;7-12,19H,1-6H3. The van der Waals surface area contributed by atoms with E-state index in [4.69, 9.17) is 18.9 Å². The maximum Gasteiger partial charge on any atom is 0.133 e. The molecule has 0 bridgehead atoms. The predicted molar refractivity (Wildman–Crippen MR) is 303 cm³/mol. The second-order valence-electron chi connectivity index (χ2n) is 18.8. The number of aryl methyl sites for hydroxylation is 1. The van der Waals surface area contributed by atoms with Gasteiger partial charge in [-0.3, -0.25) is 0 Å². The summed E-state index contributed by atoms with van der Waals surface area (Å²) in [5, 5.41) is 0. The summed E-state index contributed by atoms with van der Waals surface area (Å²) in [5.41, 5.74) is 16.0. The zero-order chi connectivity index (χ0) is 51.6. The Morgan fingerprint density at radius 1 is 0.394 bits per heavy atom. The molecule has 378 valence electrons. The van der Waals surface area contributed by atoms with Crippen molar-refractivity contribution in [1.82, 2.24) is 0 Å². The van der Waals surface area contributed by atoms with Crippen LogP contribution in [0, 0.1) is 6.92 Å². The fourth-order valence-corrected chi connectivity index (χ4v) is 11.2. The molecule has 0 aliphatic carbocycles. The van der Waals surface area contributed by atoms with Crippen molar-refractivity contribution in [2.45, 2.75) is 30.3 Å². The van der Waals surface area contributed by atoms with Crippen molar-refractivity contribution in [2.24, 2.45) is 0 Å². The van der Waals surface area contributed by atoms with Gasteiger partial charge in [0.25, 0.3) is 0 Å². The van der Waals surface area contributed by atoms with Gasteiger partial charge in [-0.05, 0) is 67.3 Å². The van der Waals surface area contributed by atoms with Crippen molar-refractivity contribution in [1.29, 1.82) is 0 Å². The van der Waals surface area contributed by atoms with Crippen molar-refractivity contribution in [2.75, 3.05) is 163 Å². The Balaban J connectivity index is 0.000000157. The summed E-state index contributed by atoms with van der Waals surface area (Å²) < 4.78 is 22.2. The molecule has 0 aromatic heterocycles. The number of anilines is 9. The number of hydrogen-bond acceptors (Lipinski definition) is 14. The number of nitrogens with zero attached hydrogens (tertiary/aromatic N) is 9. The van der Waals surface area contributed by atoms with Crippen LogP contribution in [0.2, 0.25) is 0 Å². The molecule has 6 aromatic carbocycles. The van der Waals surface area contributed by atoms with Crippen LogP contribution in [0.3, 0.4) is 0 Å². The molecule has 6 aromatic rings. The lowest BCUT2D eigenvalue weighted by Crippen LogP contribution is -2.32. The lowest BCUT2D eigenvalue weighted by Gasteiger charge is -2.33. The number of methoxy groups -OCH3 is 4. The second-order valence-corrected chi connectivity index (χ2v) is 19.7. The molecule has 3 aliphatic rings. The van der Waals surface area contributed by atoms with Crippen molar-refractivity contribution < 1.29 is 18.9 Å². The van der Waals surface area contributed by atoms with E-state index in [1.165, 1.54) is 67.1 Å². The van der Waals surface area contributed by atoms with Gasteiger partial charge in [0, 0.05) is 136 Å². The van der Waals surface area contributed by atoms with E-state index >= 15 is 0 Å². The fourth-order valence-electron chi connectivity index (χ4n) is 10.5. The SMILES string of the molecule is COc1cc(C)c(C2N(C)c3ccccc3N2C)c(N(C)C)c1.COc1cc(OC)c(C2N(C)c3ccccc3N2C)c(N(C)C)c1.COc1cc(SC)c(C2N(C)c3ccccc3N2C)c(N(C)C)c1. The molecular weight excluding hydrogens is 907 g/mol. The maximum absolute atomic E-state index is 5.73. The zero-order valence-electron chi connectivity index (χ0n) is 45.2. The number of para-hydroxylation sites is 6. The average Bonchev–Trinajstić information content (AvgIpc) is 3.89. The molecule has 0 saturated carbocycles. The van der Waals surface area contributed by atoms with Crippen LogP contribution in [0.4, 0.5) is 51.2 Å². The van der Waals surface area contributed by atoms with Crippen LogP contribution in [0.15, 0.2) is 114 Å². The summed E-state index contributed by atoms with van der Waals surface area (Å²) in [7, 11) is 32.2. The zero-order valence-corrected chi connectivity index (χ0v) is 46.0. The molecule has 3 heterocycles. The Bertz CT molecular complexity index is 2610. The van der Waals surface area contributed by atoms with Gasteiger partial charge < -0.3 is 63.0 Å². The summed E-state index contributed by atoms with van der Waals surface area (Å²) in [6.45, 7) is 2.16. The lowest BCUT2D eigenvalue weighted by atomic mass is 10.0. The van der Waals surface area contributed by atoms with E-state index in [9.17, 15) is 0 Å². The van der Waals surface area contributed by atoms with Crippen molar-refractivity contribution in [3.8, 4) is 23.0 Å². The summed E-state index contributed by atoms with van der Waals surface area (Å²) in [4.78, 5) is 21.6. The van der Waals surface area contributed by atoms with Gasteiger partial charge in [0.15, 0.2) is 0 Å². The van der Waals surface area contributed by atoms with Gasteiger partial charge in [0.2, 0.25) is 0 Å². The van der Waals surface area contributed by atoms with Crippen LogP contribution < -0.4 is 63.0 Å². The minimum absolute atomic E-state index is 0.0562. The number of thioether (sulfide) groups is 1. The van der Waals surface area contributed by atoms with Crippen LogP contribution >= 0.6 is 11.8 Å². The summed E-state index contributed by atoms with van der Waals surface area (Å²) >= 11 is 1.77. The Labute approximate surface area is 428 Å². The van der Waals surface area contributed by atoms with Gasteiger partial charge in [0.05, 0.1) is 73.8 Å². The lowest BCUT2D eigenvalue weighted by molar-refractivity contribution is 0.388. The monoisotopic (exact) mass is 982 g/mol. The van der Waals surface area contributed by atoms with Crippen molar-refractivity contribution in [3.63, 3.8) is 0 Å². The van der Waals surface area contributed by atoms with Crippen LogP contribution in [0.1, 0.15) is 40.8 Å². The molecule has 0 unspecified atom stereocenters. The molecule has 71 heavy (non-hydrogen) atoms. The number of benzene rings is 6. The fraction of sp³-hybridized carbons (Fsp3) is 0.368. The first-order valence-electron chi connectivity index (χ1n) is 23.8. The molecule has 14 heteroatoms. The van der Waals surface area contributed by atoms with E-state index in [0.29, 0.717) is 0 Å². The highest BCUT2D eigenvalue weighted by molar-refractivity contribution is 7.98. The third-order valence-electron chi connectivity index (χ3n) is 14.0. The number of fused-ring (bicyclic) bond motifs is 3. The molecule has 0 atom stereocenters. The summed E-state index contributed by atoms with van der Waals surface area (Å²) in [6, 6.07) is 38.1. The van der Waals surface area contributed by atoms with Crippen LogP contribution in [0.5, 0.6) is 23.0 Å². The number of hydrogen-bond donors (Lipinski definition) is 0. The van der Waals surface area contributed by atoms with Crippen LogP contribution in [0.25, 0.3) is 0 Å². The minimum Gasteiger partial charge on any atom is -0.497 e. The van der Waals surface area contributed by atoms with E-state index in [1.807, 2.05) is 20.2 Å². The highest BCUT2D eigenvalue weighted by atomic mass is 32.2. The van der Waals surface area contributed by atoms with Crippen LogP contribution in [-0.4, -0.2) is 119 Å². The van der Waals surface area contributed by atoms with E-state index in [1.54, 1.807) is 40.2 Å². The number of ether oxygens (including phenoxy) is 4. The third-order valence-corrected chi connectivity index (χ3v) is 14.8. The molecule has 9 rings (SSSR count). The van der Waals surface area contributed by atoms with Gasteiger partial charge >= 0.3 is 0 Å². The molecule has 0 amide bonds. The third kappa shape index (κ3) is 9.66. The highest BCUT2D eigenvalue weighted by Gasteiger charge is 2.38. The molecule has 13 nitrogen and oxygen atoms in total. The maximum atomic E-state index is 5.73. The van der Waals surface area contributed by atoms with Gasteiger partial charge in [-0.1, -0.05) is 36.4 Å². The smallest absolute Gasteiger partial charge is 0.133 e. The molecule has 0 fully saturated rings. The number of rotatable bonds is 11. The van der Waals surface area contributed by atoms with E-state index < -0.39 is 0 Å². The first-order chi connectivity index (χ1) is 33.9. The van der Waals surface area contributed by atoms with Gasteiger partial charge in [-0.15, -0.1) is 11.8 Å². The van der Waals surface area contributed by atoms with E-state index in [-0.39, 0.29) is 18.5 Å². The van der Waals surface area contributed by atoms with E-state index in [2.05, 4.69) is 231 Å². The van der Waals surface area contributed by atoms with Crippen LogP contribution in [-0.2, 0) is 0 Å². The second kappa shape index (κ2) is 21.6. The molecule has 0 saturated heterocycles. The largest absolute Gasteiger partial charge is 0.497 e. The molecule has 0 spiro atoms. The molecule has 0 N–H and O–H groups in total. The predicted octanol–water partition coefficient (Wildman–Crippen LogP) is 11.1. The average molecular weight is 982 g/mol. The van der Waals surface area contributed by atoms with Gasteiger partial charge in [-0.25, -0.2) is 0 Å². The Kier molecular flexibility index (Phi) is 15.8. The first kappa shape index (κ1) is 51.9. The first-order valence-corrected chi connectivity index (χ1v) is 25.0. The normalized spacial score (nSPS) is 14.1. The Hall–Kier alpha value is -6.93. The quantitative estimate of drug-likeness (QED) is 0.116.